The first-order chi connectivity index (χ1) is 8.86. The molecule has 1 unspecified atom stereocenters. The Morgan fingerprint density at radius 2 is 1.84 bits per heavy atom. The fraction of sp³-hybridized carbons (Fsp3) is 0.750. The molecule has 0 rings (SSSR count). The highest BCUT2D eigenvalue weighted by atomic mass is 16.4. The van der Waals surface area contributed by atoms with Gasteiger partial charge in [-0.3, -0.25) is 4.79 Å². The van der Waals surface area contributed by atoms with Crippen LogP contribution in [0.2, 0.25) is 0 Å². The third-order valence-corrected chi connectivity index (χ3v) is 2.65. The summed E-state index contributed by atoms with van der Waals surface area (Å²) < 4.78 is 0. The van der Waals surface area contributed by atoms with Gasteiger partial charge in [0.05, 0.1) is 0 Å². The Balaban J connectivity index is 4.16. The molecule has 0 fully saturated rings. The fourth-order valence-electron chi connectivity index (χ4n) is 1.55. The van der Waals surface area contributed by atoms with Gasteiger partial charge in [-0.1, -0.05) is 19.8 Å². The van der Waals surface area contributed by atoms with Crippen molar-refractivity contribution in [3.8, 4) is 0 Å². The number of nitrogens with one attached hydrogen (secondary N) is 2. The summed E-state index contributed by atoms with van der Waals surface area (Å²) in [5.41, 5.74) is 4.95. The molecule has 0 aliphatic heterocycles. The van der Waals surface area contributed by atoms with Crippen molar-refractivity contribution in [3.05, 3.63) is 0 Å². The van der Waals surface area contributed by atoms with Crippen molar-refractivity contribution in [2.24, 2.45) is 5.73 Å². The van der Waals surface area contributed by atoms with Crippen LogP contribution in [0.1, 0.15) is 46.0 Å². The van der Waals surface area contributed by atoms with Crippen LogP contribution in [0.5, 0.6) is 0 Å². The number of rotatable bonds is 9. The molecule has 0 aliphatic rings. The Morgan fingerprint density at radius 1 is 1.21 bits per heavy atom. The molecular formula is C12H23N3O4. The Morgan fingerprint density at radius 3 is 2.32 bits per heavy atom. The van der Waals surface area contributed by atoms with Crippen molar-refractivity contribution in [2.45, 2.75) is 58.0 Å². The summed E-state index contributed by atoms with van der Waals surface area (Å²) in [6.07, 6.45) is 2.77. The second kappa shape index (κ2) is 9.18. The molecule has 0 aromatic carbocycles. The lowest BCUT2D eigenvalue weighted by molar-refractivity contribution is -0.139. The van der Waals surface area contributed by atoms with E-state index in [0.717, 1.165) is 19.3 Å². The number of hydrogen-bond donors (Lipinski definition) is 4. The largest absolute Gasteiger partial charge is 0.480 e. The average Bonchev–Trinajstić information content (AvgIpc) is 2.31. The van der Waals surface area contributed by atoms with Crippen LogP contribution in [-0.4, -0.2) is 35.1 Å². The van der Waals surface area contributed by atoms with Gasteiger partial charge >= 0.3 is 12.0 Å². The zero-order valence-corrected chi connectivity index (χ0v) is 11.4. The van der Waals surface area contributed by atoms with E-state index in [1.807, 2.05) is 6.92 Å². The van der Waals surface area contributed by atoms with Crippen molar-refractivity contribution < 1.29 is 19.5 Å². The van der Waals surface area contributed by atoms with E-state index in [0.29, 0.717) is 0 Å². The molecule has 110 valence electrons. The van der Waals surface area contributed by atoms with E-state index in [-0.39, 0.29) is 18.9 Å². The second-order valence-corrected chi connectivity index (χ2v) is 4.56. The minimum absolute atomic E-state index is 0.0125. The normalized spacial score (nSPS) is 13.4. The van der Waals surface area contributed by atoms with Crippen LogP contribution in [0.15, 0.2) is 0 Å². The number of primary amides is 1. The summed E-state index contributed by atoms with van der Waals surface area (Å²) in [4.78, 5) is 33.1. The highest BCUT2D eigenvalue weighted by molar-refractivity contribution is 5.83. The van der Waals surface area contributed by atoms with Gasteiger partial charge in [-0.2, -0.15) is 0 Å². The van der Waals surface area contributed by atoms with Crippen molar-refractivity contribution in [1.82, 2.24) is 10.6 Å². The molecule has 0 heterocycles. The predicted octanol–water partition coefficient (Wildman–Crippen LogP) is 0.583. The van der Waals surface area contributed by atoms with E-state index < -0.39 is 23.9 Å². The zero-order valence-electron chi connectivity index (χ0n) is 11.4. The number of amides is 3. The lowest BCUT2D eigenvalue weighted by Crippen LogP contribution is -2.48. The predicted molar refractivity (Wildman–Crippen MR) is 70.5 cm³/mol. The molecule has 3 amide bonds. The summed E-state index contributed by atoms with van der Waals surface area (Å²) in [5.74, 6) is -1.78. The summed E-state index contributed by atoms with van der Waals surface area (Å²) in [5, 5.41) is 13.9. The van der Waals surface area contributed by atoms with Gasteiger partial charge in [-0.25, -0.2) is 9.59 Å². The van der Waals surface area contributed by atoms with Crippen molar-refractivity contribution >= 4 is 17.9 Å². The first-order valence-electron chi connectivity index (χ1n) is 6.45. The molecule has 0 aromatic rings. The molecule has 0 radical (unpaired) electrons. The zero-order chi connectivity index (χ0) is 14.8. The molecule has 0 saturated carbocycles. The topological polar surface area (TPSA) is 122 Å². The fourth-order valence-corrected chi connectivity index (χ4v) is 1.55. The minimum atomic E-state index is -1.18. The lowest BCUT2D eigenvalue weighted by Gasteiger charge is -2.17. The van der Waals surface area contributed by atoms with Gasteiger partial charge < -0.3 is 21.5 Å². The van der Waals surface area contributed by atoms with Crippen LogP contribution in [-0.2, 0) is 9.59 Å². The van der Waals surface area contributed by atoms with E-state index in [1.54, 1.807) is 0 Å². The molecule has 0 spiro atoms. The Bertz CT molecular complexity index is 320. The Labute approximate surface area is 112 Å². The van der Waals surface area contributed by atoms with E-state index in [1.165, 1.54) is 0 Å². The molecule has 7 heteroatoms. The molecule has 0 aliphatic carbocycles. The molecule has 2 atom stereocenters. The van der Waals surface area contributed by atoms with Crippen LogP contribution in [0.4, 0.5) is 4.79 Å². The standard InChI is InChI=1S/C12H23N3O4/c1-3-4-5-8(2)14-12(19)15-9(11(17)18)6-7-10(13)16/h8-9H,3-7H2,1-2H3,(H2,13,16)(H,17,18)(H2,14,15,19)/t8?,9-/m1/s1. The minimum Gasteiger partial charge on any atom is -0.480 e. The van der Waals surface area contributed by atoms with E-state index >= 15 is 0 Å². The van der Waals surface area contributed by atoms with E-state index in [4.69, 9.17) is 10.8 Å². The number of carbonyl (C=O) groups excluding carboxylic acids is 2. The number of unbranched alkanes of at least 4 members (excludes halogenated alkanes) is 1. The van der Waals surface area contributed by atoms with Crippen LogP contribution in [0.25, 0.3) is 0 Å². The monoisotopic (exact) mass is 273 g/mol. The first kappa shape index (κ1) is 17.2. The second-order valence-electron chi connectivity index (χ2n) is 4.56. The third kappa shape index (κ3) is 8.87. The molecule has 19 heavy (non-hydrogen) atoms. The maximum atomic E-state index is 11.6. The van der Waals surface area contributed by atoms with Gasteiger partial charge in [-0.15, -0.1) is 0 Å². The van der Waals surface area contributed by atoms with Crippen molar-refractivity contribution in [1.29, 1.82) is 0 Å². The summed E-state index contributed by atoms with van der Waals surface area (Å²) >= 11 is 0. The summed E-state index contributed by atoms with van der Waals surface area (Å²) in [6.45, 7) is 3.91. The number of nitrogens with two attached hydrogens (primary N) is 1. The van der Waals surface area contributed by atoms with Crippen LogP contribution in [0.3, 0.4) is 0 Å². The van der Waals surface area contributed by atoms with Crippen LogP contribution >= 0.6 is 0 Å². The van der Waals surface area contributed by atoms with E-state index in [9.17, 15) is 14.4 Å². The maximum absolute atomic E-state index is 11.6. The van der Waals surface area contributed by atoms with Gasteiger partial charge in [0.25, 0.3) is 0 Å². The summed E-state index contributed by atoms with van der Waals surface area (Å²) in [6, 6.07) is -1.67. The van der Waals surface area contributed by atoms with Crippen molar-refractivity contribution in [2.75, 3.05) is 0 Å². The van der Waals surface area contributed by atoms with Gasteiger partial charge in [0, 0.05) is 12.5 Å². The van der Waals surface area contributed by atoms with Crippen LogP contribution < -0.4 is 16.4 Å². The van der Waals surface area contributed by atoms with Crippen molar-refractivity contribution in [3.63, 3.8) is 0 Å². The van der Waals surface area contributed by atoms with Gasteiger partial charge in [0.2, 0.25) is 5.91 Å². The molecule has 7 nitrogen and oxygen atoms in total. The maximum Gasteiger partial charge on any atom is 0.326 e. The van der Waals surface area contributed by atoms with E-state index in [2.05, 4.69) is 17.6 Å². The highest BCUT2D eigenvalue weighted by Gasteiger charge is 2.20. The highest BCUT2D eigenvalue weighted by Crippen LogP contribution is 2.00. The smallest absolute Gasteiger partial charge is 0.326 e. The molecule has 0 bridgehead atoms. The first-order valence-corrected chi connectivity index (χ1v) is 6.45. The number of aliphatic carboxylic acids is 1. The van der Waals surface area contributed by atoms with Gasteiger partial charge in [-0.05, 0) is 19.8 Å². The summed E-state index contributed by atoms with van der Waals surface area (Å²) in [7, 11) is 0. The Kier molecular flexibility index (Phi) is 8.32. The number of carboxylic acid groups (broad SMARTS) is 1. The Hall–Kier alpha value is -1.79. The molecule has 5 N–H and O–H groups in total. The van der Waals surface area contributed by atoms with Gasteiger partial charge in [0.1, 0.15) is 6.04 Å². The number of hydrogen-bond acceptors (Lipinski definition) is 3. The number of carbonyl (C=O) groups is 3. The SMILES string of the molecule is CCCCC(C)NC(=O)N[C@H](CCC(N)=O)C(=O)O. The quantitative estimate of drug-likeness (QED) is 0.491. The number of urea groups is 1. The average molecular weight is 273 g/mol. The third-order valence-electron chi connectivity index (χ3n) is 2.65. The van der Waals surface area contributed by atoms with Gasteiger partial charge in [0.15, 0.2) is 0 Å². The number of carboxylic acids is 1. The van der Waals surface area contributed by atoms with Crippen LogP contribution in [0, 0.1) is 0 Å². The molecule has 0 aromatic heterocycles. The lowest BCUT2D eigenvalue weighted by atomic mass is 10.1. The molecule has 0 saturated heterocycles. The molecular weight excluding hydrogens is 250 g/mol.